The van der Waals surface area contributed by atoms with Crippen molar-refractivity contribution in [1.82, 2.24) is 4.72 Å². The van der Waals surface area contributed by atoms with E-state index in [0.29, 0.717) is 0 Å². The fourth-order valence-corrected chi connectivity index (χ4v) is 1.57. The van der Waals surface area contributed by atoms with Crippen molar-refractivity contribution in [3.05, 3.63) is 0 Å². The summed E-state index contributed by atoms with van der Waals surface area (Å²) in [6.07, 6.45) is -2.62. The summed E-state index contributed by atoms with van der Waals surface area (Å²) in [6.45, 7) is -0.260. The number of hydrogen-bond acceptors (Lipinski definition) is 4. The first kappa shape index (κ1) is 15.2. The van der Waals surface area contributed by atoms with Gasteiger partial charge in [0.25, 0.3) is 6.43 Å². The van der Waals surface area contributed by atoms with E-state index >= 15 is 0 Å². The Hall–Kier alpha value is -0.800. The lowest BCUT2D eigenvalue weighted by atomic mass is 10.5. The van der Waals surface area contributed by atoms with Crippen LogP contribution >= 0.6 is 0 Å². The third-order valence-electron chi connectivity index (χ3n) is 1.61. The number of carboxylic acid groups (broad SMARTS) is 1. The van der Waals surface area contributed by atoms with Crippen molar-refractivity contribution in [2.75, 3.05) is 19.8 Å². The summed E-state index contributed by atoms with van der Waals surface area (Å²) in [4.78, 5) is 10.4. The lowest BCUT2D eigenvalue weighted by Crippen LogP contribution is -2.39. The van der Waals surface area contributed by atoms with Gasteiger partial charge in [-0.05, 0) is 6.92 Å². The minimum Gasteiger partial charge on any atom is -0.480 e. The fourth-order valence-electron chi connectivity index (χ4n) is 0.686. The average Bonchev–Trinajstić information content (AvgIpc) is 2.15. The van der Waals surface area contributed by atoms with Crippen molar-refractivity contribution in [3.8, 4) is 0 Å². The molecule has 0 aromatic carbocycles. The highest BCUT2D eigenvalue weighted by molar-refractivity contribution is 7.90. The fraction of sp³-hybridized carbons (Fsp3) is 0.857. The van der Waals surface area contributed by atoms with Crippen LogP contribution in [0.4, 0.5) is 8.78 Å². The van der Waals surface area contributed by atoms with Gasteiger partial charge in [-0.1, -0.05) is 0 Å². The van der Waals surface area contributed by atoms with E-state index in [-0.39, 0.29) is 13.2 Å². The number of halogens is 2. The minimum absolute atomic E-state index is 0.240. The minimum atomic E-state index is -3.98. The second-order valence-electron chi connectivity index (χ2n) is 2.89. The van der Waals surface area contributed by atoms with Crippen LogP contribution in [0.15, 0.2) is 0 Å². The monoisotopic (exact) mass is 261 g/mol. The highest BCUT2D eigenvalue weighted by atomic mass is 32.2. The Balaban J connectivity index is 3.88. The molecule has 0 aliphatic carbocycles. The molecule has 6 nitrogen and oxygen atoms in total. The zero-order chi connectivity index (χ0) is 12.8. The van der Waals surface area contributed by atoms with Crippen LogP contribution in [0.5, 0.6) is 0 Å². The standard InChI is InChI=1S/C7H13F2NO5S/c1-5(7(11)12)16(13,14)10-2-3-15-4-6(8)9/h5-6,10H,2-4H2,1H3,(H,11,12). The number of carbonyl (C=O) groups is 1. The van der Waals surface area contributed by atoms with Crippen molar-refractivity contribution in [2.45, 2.75) is 18.6 Å². The molecule has 1 unspecified atom stereocenters. The van der Waals surface area contributed by atoms with E-state index in [1.807, 2.05) is 4.72 Å². The van der Waals surface area contributed by atoms with E-state index in [4.69, 9.17) is 5.11 Å². The van der Waals surface area contributed by atoms with E-state index in [0.717, 1.165) is 6.92 Å². The molecule has 0 aromatic rings. The van der Waals surface area contributed by atoms with Crippen LogP contribution in [0.1, 0.15) is 6.92 Å². The Kier molecular flexibility index (Phi) is 6.38. The Morgan fingerprint density at radius 2 is 2.06 bits per heavy atom. The Morgan fingerprint density at radius 3 is 2.50 bits per heavy atom. The van der Waals surface area contributed by atoms with Gasteiger partial charge in [-0.25, -0.2) is 21.9 Å². The molecule has 0 saturated heterocycles. The van der Waals surface area contributed by atoms with E-state index < -0.39 is 34.3 Å². The van der Waals surface area contributed by atoms with Gasteiger partial charge in [0, 0.05) is 6.54 Å². The number of carboxylic acids is 1. The molecule has 96 valence electrons. The first-order chi connectivity index (χ1) is 7.27. The van der Waals surface area contributed by atoms with Crippen LogP contribution in [0.25, 0.3) is 0 Å². The zero-order valence-corrected chi connectivity index (χ0v) is 9.34. The maximum atomic E-state index is 11.6. The third-order valence-corrected chi connectivity index (χ3v) is 3.35. The lowest BCUT2D eigenvalue weighted by Gasteiger charge is -2.10. The van der Waals surface area contributed by atoms with Crippen molar-refractivity contribution in [1.29, 1.82) is 0 Å². The average molecular weight is 261 g/mol. The van der Waals surface area contributed by atoms with Gasteiger partial charge in [0.15, 0.2) is 5.25 Å². The zero-order valence-electron chi connectivity index (χ0n) is 8.52. The number of nitrogens with one attached hydrogen (secondary N) is 1. The SMILES string of the molecule is CC(C(=O)O)S(=O)(=O)NCCOCC(F)F. The molecule has 9 heteroatoms. The molecular weight excluding hydrogens is 248 g/mol. The van der Waals surface area contributed by atoms with Gasteiger partial charge in [0.05, 0.1) is 6.61 Å². The first-order valence-corrected chi connectivity index (χ1v) is 5.89. The normalized spacial score (nSPS) is 14.0. The Labute approximate surface area is 91.6 Å². The molecule has 0 rings (SSSR count). The Morgan fingerprint density at radius 1 is 1.50 bits per heavy atom. The second-order valence-corrected chi connectivity index (χ2v) is 4.97. The number of sulfonamides is 1. The van der Waals surface area contributed by atoms with Gasteiger partial charge < -0.3 is 9.84 Å². The predicted molar refractivity (Wildman–Crippen MR) is 50.8 cm³/mol. The molecule has 1 atom stereocenters. The number of aliphatic carboxylic acids is 1. The molecular formula is C7H13F2NO5S. The van der Waals surface area contributed by atoms with Gasteiger partial charge in [0.2, 0.25) is 10.0 Å². The van der Waals surface area contributed by atoms with E-state index in [9.17, 15) is 22.0 Å². The van der Waals surface area contributed by atoms with Crippen LogP contribution in [0.2, 0.25) is 0 Å². The van der Waals surface area contributed by atoms with Crippen LogP contribution in [-0.2, 0) is 19.6 Å². The van der Waals surface area contributed by atoms with Crippen molar-refractivity contribution in [2.24, 2.45) is 0 Å². The summed E-state index contributed by atoms with van der Waals surface area (Å²) in [5.74, 6) is -1.49. The predicted octanol–water partition coefficient (Wildman–Crippen LogP) is -0.339. The number of ether oxygens (including phenoxy) is 1. The molecule has 0 fully saturated rings. The quantitative estimate of drug-likeness (QED) is 0.583. The molecule has 0 aromatic heterocycles. The first-order valence-electron chi connectivity index (χ1n) is 4.34. The van der Waals surface area contributed by atoms with Crippen molar-refractivity contribution in [3.63, 3.8) is 0 Å². The van der Waals surface area contributed by atoms with Gasteiger partial charge in [-0.3, -0.25) is 4.79 Å². The van der Waals surface area contributed by atoms with Crippen LogP contribution in [0.3, 0.4) is 0 Å². The maximum Gasteiger partial charge on any atom is 0.323 e. The number of alkyl halides is 2. The highest BCUT2D eigenvalue weighted by Crippen LogP contribution is 1.97. The summed E-state index contributed by atoms with van der Waals surface area (Å²) < 4.78 is 51.9. The number of rotatable bonds is 8. The van der Waals surface area contributed by atoms with Crippen molar-refractivity contribution >= 4 is 16.0 Å². The van der Waals surface area contributed by atoms with Gasteiger partial charge >= 0.3 is 5.97 Å². The smallest absolute Gasteiger partial charge is 0.323 e. The summed E-state index contributed by atoms with van der Waals surface area (Å²) in [7, 11) is -3.98. The van der Waals surface area contributed by atoms with E-state index in [1.54, 1.807) is 0 Å². The number of hydrogen-bond donors (Lipinski definition) is 2. The highest BCUT2D eigenvalue weighted by Gasteiger charge is 2.26. The van der Waals surface area contributed by atoms with Gasteiger partial charge in [-0.2, -0.15) is 0 Å². The largest absolute Gasteiger partial charge is 0.480 e. The molecule has 0 heterocycles. The van der Waals surface area contributed by atoms with E-state index in [1.165, 1.54) is 0 Å². The topological polar surface area (TPSA) is 92.7 Å². The third kappa shape index (κ3) is 5.93. The lowest BCUT2D eigenvalue weighted by molar-refractivity contribution is -0.136. The Bertz CT molecular complexity index is 319. The summed E-state index contributed by atoms with van der Waals surface area (Å²) in [5, 5.41) is 6.85. The second kappa shape index (κ2) is 6.71. The molecule has 0 radical (unpaired) electrons. The maximum absolute atomic E-state index is 11.6. The molecule has 2 N–H and O–H groups in total. The van der Waals surface area contributed by atoms with E-state index in [2.05, 4.69) is 4.74 Å². The van der Waals surface area contributed by atoms with Crippen LogP contribution in [-0.4, -0.2) is 50.9 Å². The molecule has 0 aliphatic rings. The summed E-state index contributed by atoms with van der Waals surface area (Å²) >= 11 is 0. The molecule has 0 spiro atoms. The molecule has 0 aliphatic heterocycles. The molecule has 0 bridgehead atoms. The van der Waals surface area contributed by atoms with Crippen LogP contribution in [0, 0.1) is 0 Å². The van der Waals surface area contributed by atoms with Gasteiger partial charge in [-0.15, -0.1) is 0 Å². The summed E-state index contributed by atoms with van der Waals surface area (Å²) in [5.41, 5.74) is 0. The summed E-state index contributed by atoms with van der Waals surface area (Å²) in [6, 6.07) is 0. The van der Waals surface area contributed by atoms with Crippen molar-refractivity contribution < 1.29 is 31.8 Å². The molecule has 0 saturated carbocycles. The molecule has 16 heavy (non-hydrogen) atoms. The molecule has 0 amide bonds. The van der Waals surface area contributed by atoms with Gasteiger partial charge in [0.1, 0.15) is 6.61 Å². The van der Waals surface area contributed by atoms with Crippen LogP contribution < -0.4 is 4.72 Å².